The first kappa shape index (κ1) is 15.6. The van der Waals surface area contributed by atoms with E-state index in [9.17, 15) is 4.39 Å². The van der Waals surface area contributed by atoms with Gasteiger partial charge in [0, 0.05) is 24.0 Å². The summed E-state index contributed by atoms with van der Waals surface area (Å²) in [5.41, 5.74) is 1.02. The summed E-state index contributed by atoms with van der Waals surface area (Å²) in [5.74, 6) is 0.435. The zero-order valence-electron chi connectivity index (χ0n) is 11.7. The Labute approximate surface area is 119 Å². The summed E-state index contributed by atoms with van der Waals surface area (Å²) in [4.78, 5) is 2.19. The van der Waals surface area contributed by atoms with E-state index < -0.39 is 0 Å². The van der Waals surface area contributed by atoms with Crippen molar-refractivity contribution in [1.82, 2.24) is 4.90 Å². The number of hydrogen-bond acceptors (Lipinski definition) is 1. The van der Waals surface area contributed by atoms with Crippen molar-refractivity contribution < 1.29 is 4.39 Å². The number of nitrogens with zero attached hydrogens (tertiary/aromatic N) is 1. The van der Waals surface area contributed by atoms with Crippen LogP contribution >= 0.6 is 15.9 Å². The second-order valence-corrected chi connectivity index (χ2v) is 6.65. The van der Waals surface area contributed by atoms with Crippen molar-refractivity contribution in [3.63, 3.8) is 0 Å². The van der Waals surface area contributed by atoms with Crippen molar-refractivity contribution in [2.24, 2.45) is 11.3 Å². The van der Waals surface area contributed by atoms with Crippen molar-refractivity contribution in [2.75, 3.05) is 18.9 Å². The maximum Gasteiger partial charge on any atom is 0.127 e. The fourth-order valence-electron chi connectivity index (χ4n) is 1.91. The molecule has 1 nitrogen and oxygen atoms in total. The first-order valence-electron chi connectivity index (χ1n) is 6.32. The fraction of sp³-hybridized carbons (Fsp3) is 0.600. The molecule has 0 radical (unpaired) electrons. The summed E-state index contributed by atoms with van der Waals surface area (Å²) in [7, 11) is 2.05. The van der Waals surface area contributed by atoms with Crippen LogP contribution in [0.5, 0.6) is 0 Å². The Balaban J connectivity index is 2.61. The predicted octanol–water partition coefficient (Wildman–Crippen LogP) is 4.31. The van der Waals surface area contributed by atoms with Crippen LogP contribution in [0.1, 0.15) is 26.3 Å². The van der Waals surface area contributed by atoms with E-state index in [1.807, 2.05) is 19.2 Å². The van der Waals surface area contributed by atoms with E-state index in [0.717, 1.165) is 17.4 Å². The summed E-state index contributed by atoms with van der Waals surface area (Å²) in [6.07, 6.45) is 0. The van der Waals surface area contributed by atoms with Gasteiger partial charge in [-0.2, -0.15) is 0 Å². The molecule has 1 aromatic carbocycles. The summed E-state index contributed by atoms with van der Waals surface area (Å²) < 4.78 is 13.6. The zero-order valence-corrected chi connectivity index (χ0v) is 13.3. The van der Waals surface area contributed by atoms with Crippen LogP contribution in [0, 0.1) is 17.2 Å². The zero-order chi connectivity index (χ0) is 13.8. The lowest BCUT2D eigenvalue weighted by Gasteiger charge is -2.32. The molecular weight excluding hydrogens is 293 g/mol. The monoisotopic (exact) mass is 315 g/mol. The van der Waals surface area contributed by atoms with Gasteiger partial charge in [-0.3, -0.25) is 0 Å². The third-order valence-corrected chi connectivity index (χ3v) is 4.12. The Morgan fingerprint density at radius 1 is 1.28 bits per heavy atom. The molecule has 1 rings (SSSR count). The Kier molecular flexibility index (Phi) is 5.80. The van der Waals surface area contributed by atoms with Gasteiger partial charge < -0.3 is 4.90 Å². The average Bonchev–Trinajstić information content (AvgIpc) is 2.27. The molecule has 0 bridgehead atoms. The molecule has 0 spiro atoms. The van der Waals surface area contributed by atoms with Gasteiger partial charge in [0.1, 0.15) is 5.82 Å². The summed E-state index contributed by atoms with van der Waals surface area (Å²) in [6, 6.07) is 6.99. The van der Waals surface area contributed by atoms with Crippen LogP contribution in [-0.2, 0) is 6.54 Å². The SMILES string of the molecule is CN(Cc1ccccc1F)CC(CBr)C(C)(C)C. The van der Waals surface area contributed by atoms with Gasteiger partial charge in [0.15, 0.2) is 0 Å². The molecule has 0 heterocycles. The Morgan fingerprint density at radius 2 is 1.89 bits per heavy atom. The molecule has 1 aromatic rings. The number of hydrogen-bond donors (Lipinski definition) is 0. The van der Waals surface area contributed by atoms with Crippen molar-refractivity contribution in [3.8, 4) is 0 Å². The highest BCUT2D eigenvalue weighted by Crippen LogP contribution is 2.28. The van der Waals surface area contributed by atoms with Crippen LogP contribution in [0.25, 0.3) is 0 Å². The van der Waals surface area contributed by atoms with Gasteiger partial charge >= 0.3 is 0 Å². The van der Waals surface area contributed by atoms with Gasteiger partial charge in [-0.1, -0.05) is 54.9 Å². The predicted molar refractivity (Wildman–Crippen MR) is 79.5 cm³/mol. The quantitative estimate of drug-likeness (QED) is 0.732. The van der Waals surface area contributed by atoms with Crippen molar-refractivity contribution in [1.29, 1.82) is 0 Å². The van der Waals surface area contributed by atoms with E-state index in [0.29, 0.717) is 12.5 Å². The maximum atomic E-state index is 13.6. The highest BCUT2D eigenvalue weighted by Gasteiger charge is 2.24. The molecule has 0 amide bonds. The van der Waals surface area contributed by atoms with E-state index in [2.05, 4.69) is 41.6 Å². The molecule has 102 valence electrons. The lowest BCUT2D eigenvalue weighted by molar-refractivity contribution is 0.182. The molecule has 1 atom stereocenters. The molecule has 0 aliphatic rings. The van der Waals surface area contributed by atoms with Gasteiger partial charge in [0.25, 0.3) is 0 Å². The normalized spacial score (nSPS) is 13.9. The van der Waals surface area contributed by atoms with E-state index in [-0.39, 0.29) is 11.2 Å². The molecular formula is C15H23BrFN. The maximum absolute atomic E-state index is 13.6. The van der Waals surface area contributed by atoms with Gasteiger partial charge in [0.05, 0.1) is 0 Å². The third kappa shape index (κ3) is 4.69. The van der Waals surface area contributed by atoms with Crippen LogP contribution in [0.4, 0.5) is 4.39 Å². The second-order valence-electron chi connectivity index (χ2n) is 6.01. The van der Waals surface area contributed by atoms with E-state index in [1.54, 1.807) is 6.07 Å². The average molecular weight is 316 g/mol. The largest absolute Gasteiger partial charge is 0.302 e. The fourth-order valence-corrected chi connectivity index (χ4v) is 3.09. The first-order chi connectivity index (χ1) is 8.34. The van der Waals surface area contributed by atoms with Crippen molar-refractivity contribution in [2.45, 2.75) is 27.3 Å². The Morgan fingerprint density at radius 3 is 2.39 bits per heavy atom. The molecule has 0 saturated carbocycles. The Hall–Kier alpha value is -0.410. The number of halogens is 2. The van der Waals surface area contributed by atoms with E-state index >= 15 is 0 Å². The molecule has 1 unspecified atom stereocenters. The molecule has 0 aliphatic heterocycles. The van der Waals surface area contributed by atoms with Crippen LogP contribution in [0.3, 0.4) is 0 Å². The molecule has 18 heavy (non-hydrogen) atoms. The lowest BCUT2D eigenvalue weighted by Crippen LogP contribution is -2.34. The van der Waals surface area contributed by atoms with Crippen LogP contribution in [-0.4, -0.2) is 23.8 Å². The number of alkyl halides is 1. The Bertz CT molecular complexity index is 373. The molecule has 3 heteroatoms. The van der Waals surface area contributed by atoms with Gasteiger partial charge in [-0.25, -0.2) is 4.39 Å². The van der Waals surface area contributed by atoms with Crippen LogP contribution in [0.15, 0.2) is 24.3 Å². The van der Waals surface area contributed by atoms with Gasteiger partial charge in [0.2, 0.25) is 0 Å². The van der Waals surface area contributed by atoms with Crippen LogP contribution in [0.2, 0.25) is 0 Å². The first-order valence-corrected chi connectivity index (χ1v) is 7.44. The molecule has 0 saturated heterocycles. The molecule has 0 aliphatic carbocycles. The molecule has 0 aromatic heterocycles. The minimum atomic E-state index is -0.115. The standard InChI is InChI=1S/C15H23BrFN/c1-15(2,3)13(9-16)11-18(4)10-12-7-5-6-8-14(12)17/h5-8,13H,9-11H2,1-4H3. The summed E-state index contributed by atoms with van der Waals surface area (Å²) >= 11 is 3.58. The van der Waals surface area contributed by atoms with E-state index in [1.165, 1.54) is 6.07 Å². The third-order valence-electron chi connectivity index (χ3n) is 3.34. The minimum Gasteiger partial charge on any atom is -0.302 e. The van der Waals surface area contributed by atoms with Crippen LogP contribution < -0.4 is 0 Å². The number of benzene rings is 1. The minimum absolute atomic E-state index is 0.115. The van der Waals surface area contributed by atoms with Crippen molar-refractivity contribution in [3.05, 3.63) is 35.6 Å². The summed E-state index contributed by atoms with van der Waals surface area (Å²) in [6.45, 7) is 8.36. The summed E-state index contributed by atoms with van der Waals surface area (Å²) in [5, 5.41) is 0.970. The highest BCUT2D eigenvalue weighted by molar-refractivity contribution is 9.09. The van der Waals surface area contributed by atoms with Gasteiger partial charge in [-0.15, -0.1) is 0 Å². The van der Waals surface area contributed by atoms with Crippen molar-refractivity contribution >= 4 is 15.9 Å². The number of rotatable bonds is 5. The topological polar surface area (TPSA) is 3.24 Å². The second kappa shape index (κ2) is 6.67. The molecule has 0 N–H and O–H groups in total. The highest BCUT2D eigenvalue weighted by atomic mass is 79.9. The van der Waals surface area contributed by atoms with E-state index in [4.69, 9.17) is 0 Å². The van der Waals surface area contributed by atoms with Gasteiger partial charge in [-0.05, 0) is 24.4 Å². The smallest absolute Gasteiger partial charge is 0.127 e. The lowest BCUT2D eigenvalue weighted by atomic mass is 9.82. The molecule has 0 fully saturated rings.